The van der Waals surface area contributed by atoms with Crippen LogP contribution in [0.1, 0.15) is 43.0 Å². The highest BCUT2D eigenvalue weighted by atomic mass is 35.5. The standard InChI is InChI=1S/C19H21ClF4N4O4Si/c20-13-2-1-11(7-14(13)21)30-8-16(29)28-33-4-3-15(25-9-33)18-27-26-17(31-18)10-5-12(6-10)32-19(22,23)24/h1-2,7,10,12,15,25,33H,3-6,8-9H2,(H,28,29)/t10-,12+,15-,33+/m1/s1. The fourth-order valence-corrected chi connectivity index (χ4v) is 6.19. The molecule has 2 aliphatic rings. The van der Waals surface area contributed by atoms with Gasteiger partial charge < -0.3 is 19.5 Å². The molecule has 1 aliphatic heterocycles. The van der Waals surface area contributed by atoms with Crippen LogP contribution in [-0.4, -0.2) is 50.3 Å². The van der Waals surface area contributed by atoms with Crippen molar-refractivity contribution in [3.05, 3.63) is 40.8 Å². The Bertz CT molecular complexity index is 981. The van der Waals surface area contributed by atoms with Crippen molar-refractivity contribution in [2.75, 3.05) is 12.8 Å². The van der Waals surface area contributed by atoms with Crippen molar-refractivity contribution in [1.82, 2.24) is 20.5 Å². The number of rotatable bonds is 7. The van der Waals surface area contributed by atoms with Crippen molar-refractivity contribution >= 4 is 26.5 Å². The van der Waals surface area contributed by atoms with Crippen molar-refractivity contribution in [1.29, 1.82) is 0 Å². The van der Waals surface area contributed by atoms with E-state index >= 15 is 0 Å². The first-order valence-corrected chi connectivity index (χ1v) is 12.9. The molecule has 4 rings (SSSR count). The van der Waals surface area contributed by atoms with E-state index in [-0.39, 0.29) is 48.1 Å². The third kappa shape index (κ3) is 6.43. The minimum Gasteiger partial charge on any atom is -0.484 e. The van der Waals surface area contributed by atoms with Gasteiger partial charge in [-0.1, -0.05) is 11.6 Å². The number of carbonyl (C=O) groups excluding carboxylic acids is 1. The second-order valence-electron chi connectivity index (χ2n) is 8.00. The summed E-state index contributed by atoms with van der Waals surface area (Å²) in [7, 11) is -1.63. The number of nitrogens with one attached hydrogen (secondary N) is 2. The minimum absolute atomic E-state index is 0.0252. The summed E-state index contributed by atoms with van der Waals surface area (Å²) in [5.41, 5.74) is 0. The highest BCUT2D eigenvalue weighted by Gasteiger charge is 2.42. The highest BCUT2D eigenvalue weighted by Crippen LogP contribution is 2.41. The van der Waals surface area contributed by atoms with Crippen LogP contribution >= 0.6 is 11.6 Å². The minimum atomic E-state index is -4.64. The average molecular weight is 509 g/mol. The first-order chi connectivity index (χ1) is 15.7. The van der Waals surface area contributed by atoms with Crippen LogP contribution in [0, 0.1) is 5.82 Å². The molecule has 1 aliphatic carbocycles. The molecule has 14 heteroatoms. The predicted octanol–water partition coefficient (Wildman–Crippen LogP) is 3.14. The zero-order chi connectivity index (χ0) is 23.6. The summed E-state index contributed by atoms with van der Waals surface area (Å²) in [5.74, 6) is -0.233. The van der Waals surface area contributed by atoms with Gasteiger partial charge in [-0.05, 0) is 37.4 Å². The highest BCUT2D eigenvalue weighted by molar-refractivity contribution is 6.59. The fourth-order valence-electron chi connectivity index (χ4n) is 3.78. The van der Waals surface area contributed by atoms with Crippen molar-refractivity contribution < 1.29 is 36.2 Å². The lowest BCUT2D eigenvalue weighted by atomic mass is 9.82. The molecule has 1 aromatic carbocycles. The van der Waals surface area contributed by atoms with Crippen LogP contribution in [0.4, 0.5) is 17.6 Å². The van der Waals surface area contributed by atoms with Crippen LogP contribution in [0.15, 0.2) is 22.6 Å². The van der Waals surface area contributed by atoms with Gasteiger partial charge in [-0.3, -0.25) is 9.53 Å². The smallest absolute Gasteiger partial charge is 0.484 e. The van der Waals surface area contributed by atoms with Crippen molar-refractivity contribution in [2.24, 2.45) is 0 Å². The van der Waals surface area contributed by atoms with Gasteiger partial charge >= 0.3 is 6.36 Å². The summed E-state index contributed by atoms with van der Waals surface area (Å²) in [6, 6.07) is 4.55. The van der Waals surface area contributed by atoms with E-state index in [0.717, 1.165) is 12.1 Å². The maximum atomic E-state index is 13.4. The van der Waals surface area contributed by atoms with E-state index in [2.05, 4.69) is 25.2 Å². The maximum absolute atomic E-state index is 13.4. The van der Waals surface area contributed by atoms with E-state index in [1.165, 1.54) is 12.1 Å². The Morgan fingerprint density at radius 3 is 2.73 bits per heavy atom. The molecule has 2 aromatic rings. The van der Waals surface area contributed by atoms with E-state index < -0.39 is 27.2 Å². The van der Waals surface area contributed by atoms with Crippen molar-refractivity contribution in [2.45, 2.75) is 49.7 Å². The Labute approximate surface area is 192 Å². The first kappa shape index (κ1) is 23.9. The Morgan fingerprint density at radius 1 is 1.30 bits per heavy atom. The lowest BCUT2D eigenvalue weighted by molar-refractivity contribution is -0.352. The molecule has 2 fully saturated rings. The third-order valence-electron chi connectivity index (χ3n) is 5.54. The molecule has 0 spiro atoms. The Hall–Kier alpha value is -2.22. The molecule has 1 saturated carbocycles. The van der Waals surface area contributed by atoms with Gasteiger partial charge in [0.1, 0.15) is 11.6 Å². The summed E-state index contributed by atoms with van der Waals surface area (Å²) in [6.07, 6.45) is -3.88. The molecule has 0 unspecified atom stereocenters. The van der Waals surface area contributed by atoms with Gasteiger partial charge in [-0.25, -0.2) is 4.39 Å². The van der Waals surface area contributed by atoms with Crippen LogP contribution < -0.4 is 15.0 Å². The van der Waals surface area contributed by atoms with Crippen molar-refractivity contribution in [3.8, 4) is 5.75 Å². The predicted molar refractivity (Wildman–Crippen MR) is 110 cm³/mol. The molecule has 1 aromatic heterocycles. The summed E-state index contributed by atoms with van der Waals surface area (Å²) >= 11 is 5.61. The molecular formula is C19H21ClF4N4O4Si. The van der Waals surface area contributed by atoms with Crippen molar-refractivity contribution in [3.63, 3.8) is 0 Å². The molecule has 1 saturated heterocycles. The van der Waals surface area contributed by atoms with Crippen LogP contribution in [0.25, 0.3) is 0 Å². The van der Waals surface area contributed by atoms with E-state index in [9.17, 15) is 22.4 Å². The van der Waals surface area contributed by atoms with E-state index in [1.807, 2.05) is 0 Å². The normalized spacial score (nSPS) is 25.4. The fraction of sp³-hybridized carbons (Fsp3) is 0.526. The number of carbonyl (C=O) groups is 1. The zero-order valence-electron chi connectivity index (χ0n) is 17.2. The Kier molecular flexibility index (Phi) is 7.21. The number of halogens is 5. The topological polar surface area (TPSA) is 98.5 Å². The summed E-state index contributed by atoms with van der Waals surface area (Å²) < 4.78 is 65.1. The summed E-state index contributed by atoms with van der Waals surface area (Å²) in [6.45, 7) is -0.235. The molecule has 1 amide bonds. The average Bonchev–Trinajstić information content (AvgIpc) is 3.21. The number of ether oxygens (including phenoxy) is 2. The molecule has 2 atom stereocenters. The van der Waals surface area contributed by atoms with Gasteiger partial charge in [0.15, 0.2) is 15.6 Å². The largest absolute Gasteiger partial charge is 0.522 e. The molecule has 8 nitrogen and oxygen atoms in total. The number of benzene rings is 1. The van der Waals surface area contributed by atoms with E-state index in [1.54, 1.807) is 0 Å². The van der Waals surface area contributed by atoms with Gasteiger partial charge in [0.05, 0.1) is 17.2 Å². The lowest BCUT2D eigenvalue weighted by Crippen LogP contribution is -2.51. The van der Waals surface area contributed by atoms with Gasteiger partial charge in [0, 0.05) is 18.2 Å². The lowest BCUT2D eigenvalue weighted by Gasteiger charge is -2.33. The van der Waals surface area contributed by atoms with Crippen LogP contribution in [0.3, 0.4) is 0 Å². The van der Waals surface area contributed by atoms with Crippen LogP contribution in [0.2, 0.25) is 11.1 Å². The van der Waals surface area contributed by atoms with Gasteiger partial charge in [-0.2, -0.15) is 0 Å². The number of hydrogen-bond acceptors (Lipinski definition) is 7. The van der Waals surface area contributed by atoms with Gasteiger partial charge in [-0.15, -0.1) is 23.4 Å². The molecule has 0 radical (unpaired) electrons. The summed E-state index contributed by atoms with van der Waals surface area (Å²) in [5, 5.41) is 11.3. The SMILES string of the molecule is O=C(COc1ccc(Cl)c(F)c1)N[Si@H]1CC[C@H](c2nnc([C@H]3C[C@@H](OC(F)(F)F)C3)o2)NC1. The number of aromatic nitrogens is 2. The number of alkyl halides is 3. The Morgan fingerprint density at radius 2 is 2.06 bits per heavy atom. The van der Waals surface area contributed by atoms with E-state index in [0.29, 0.717) is 24.4 Å². The molecule has 180 valence electrons. The number of nitrogens with zero attached hydrogens (tertiary/aromatic N) is 2. The number of amides is 1. The number of hydrogen-bond donors (Lipinski definition) is 2. The van der Waals surface area contributed by atoms with Crippen LogP contribution in [0.5, 0.6) is 5.75 Å². The van der Waals surface area contributed by atoms with Gasteiger partial charge in [0.25, 0.3) is 0 Å². The first-order valence-electron chi connectivity index (χ1n) is 10.3. The van der Waals surface area contributed by atoms with Crippen LogP contribution in [-0.2, 0) is 9.53 Å². The monoisotopic (exact) mass is 508 g/mol. The van der Waals surface area contributed by atoms with Gasteiger partial charge in [0.2, 0.25) is 17.7 Å². The second-order valence-corrected chi connectivity index (χ2v) is 11.1. The Balaban J connectivity index is 1.18. The van der Waals surface area contributed by atoms with E-state index in [4.69, 9.17) is 20.8 Å². The maximum Gasteiger partial charge on any atom is 0.522 e. The molecule has 0 bridgehead atoms. The molecule has 33 heavy (non-hydrogen) atoms. The summed E-state index contributed by atoms with van der Waals surface area (Å²) in [4.78, 5) is 15.1. The molecule has 2 N–H and O–H groups in total. The quantitative estimate of drug-likeness (QED) is 0.438. The zero-order valence-corrected chi connectivity index (χ0v) is 19.1. The molecular weight excluding hydrogens is 488 g/mol. The third-order valence-corrected chi connectivity index (χ3v) is 8.33. The second kappa shape index (κ2) is 9.95. The molecule has 2 heterocycles.